The van der Waals surface area contributed by atoms with Gasteiger partial charge in [-0.15, -0.1) is 0 Å². The van der Waals surface area contributed by atoms with Crippen molar-refractivity contribution < 1.29 is 9.53 Å². The van der Waals surface area contributed by atoms with Gasteiger partial charge < -0.3 is 14.5 Å². The van der Waals surface area contributed by atoms with Crippen LogP contribution in [-0.4, -0.2) is 59.6 Å². The lowest BCUT2D eigenvalue weighted by Gasteiger charge is -2.33. The minimum atomic E-state index is -0.233. The fourth-order valence-corrected chi connectivity index (χ4v) is 2.69. The summed E-state index contributed by atoms with van der Waals surface area (Å²) in [5.74, 6) is -0.105. The Bertz CT molecular complexity index is 720. The first-order chi connectivity index (χ1) is 11.5. The lowest BCUT2D eigenvalue weighted by molar-refractivity contribution is -0.0249. The number of carbonyl (C=O) groups excluding carboxylic acids is 1. The van der Waals surface area contributed by atoms with Crippen molar-refractivity contribution in [2.75, 3.05) is 38.7 Å². The zero-order chi connectivity index (χ0) is 17.1. The smallest absolute Gasteiger partial charge is 0.272 e. The highest BCUT2D eigenvalue weighted by Crippen LogP contribution is 2.25. The minimum absolute atomic E-state index is 0.105. The average Bonchev–Trinajstić information content (AvgIpc) is 2.61. The van der Waals surface area contributed by atoms with E-state index in [0.29, 0.717) is 25.4 Å². The minimum Gasteiger partial charge on any atom is -0.378 e. The van der Waals surface area contributed by atoms with Gasteiger partial charge in [0.25, 0.3) is 5.91 Å². The topological polar surface area (TPSA) is 71.5 Å². The van der Waals surface area contributed by atoms with E-state index in [-0.39, 0.29) is 12.0 Å². The van der Waals surface area contributed by atoms with Gasteiger partial charge in [0.2, 0.25) is 0 Å². The predicted molar refractivity (Wildman–Crippen MR) is 89.9 cm³/mol. The maximum Gasteiger partial charge on any atom is 0.272 e. The van der Waals surface area contributed by atoms with E-state index in [0.717, 1.165) is 17.1 Å². The molecule has 1 aliphatic rings. The van der Waals surface area contributed by atoms with Crippen molar-refractivity contribution in [2.45, 2.75) is 13.0 Å². The lowest BCUT2D eigenvalue weighted by atomic mass is 10.1. The van der Waals surface area contributed by atoms with E-state index in [9.17, 15) is 4.79 Å². The van der Waals surface area contributed by atoms with Crippen LogP contribution in [0.3, 0.4) is 0 Å². The number of anilines is 1. The molecule has 0 aliphatic carbocycles. The molecule has 3 heterocycles. The molecule has 1 amide bonds. The monoisotopic (exact) mass is 327 g/mol. The predicted octanol–water partition coefficient (Wildman–Crippen LogP) is 1.46. The van der Waals surface area contributed by atoms with Crippen LogP contribution in [-0.2, 0) is 4.74 Å². The molecule has 1 aliphatic heterocycles. The molecule has 0 unspecified atom stereocenters. The Kier molecular flexibility index (Phi) is 4.71. The summed E-state index contributed by atoms with van der Waals surface area (Å²) in [6.45, 7) is 3.45. The third kappa shape index (κ3) is 3.51. The average molecular weight is 327 g/mol. The molecule has 1 atom stereocenters. The van der Waals surface area contributed by atoms with Gasteiger partial charge in [-0.2, -0.15) is 0 Å². The molecular formula is C17H21N5O2. The van der Waals surface area contributed by atoms with Crippen molar-refractivity contribution in [3.05, 3.63) is 47.8 Å². The number of amides is 1. The Morgan fingerprint density at radius 3 is 2.92 bits per heavy atom. The van der Waals surface area contributed by atoms with Crippen LogP contribution in [0.2, 0.25) is 0 Å². The molecule has 0 spiro atoms. The van der Waals surface area contributed by atoms with Crippen LogP contribution in [0.15, 0.2) is 30.7 Å². The maximum absolute atomic E-state index is 12.6. The summed E-state index contributed by atoms with van der Waals surface area (Å²) in [5, 5.41) is 0. The zero-order valence-electron chi connectivity index (χ0n) is 14.1. The van der Waals surface area contributed by atoms with E-state index >= 15 is 0 Å². The Balaban J connectivity index is 1.80. The van der Waals surface area contributed by atoms with Crippen molar-refractivity contribution in [3.63, 3.8) is 0 Å². The first-order valence-corrected chi connectivity index (χ1v) is 7.87. The quantitative estimate of drug-likeness (QED) is 0.850. The van der Waals surface area contributed by atoms with E-state index in [2.05, 4.69) is 15.0 Å². The zero-order valence-corrected chi connectivity index (χ0v) is 14.1. The van der Waals surface area contributed by atoms with E-state index in [4.69, 9.17) is 4.74 Å². The van der Waals surface area contributed by atoms with Gasteiger partial charge in [-0.25, -0.2) is 9.97 Å². The SMILES string of the molecule is Cc1cc(N(C)C)cc([C@H]2CN(C(=O)c3ccncn3)CCO2)n1. The molecule has 1 fully saturated rings. The molecule has 0 aromatic carbocycles. The Labute approximate surface area is 141 Å². The first-order valence-electron chi connectivity index (χ1n) is 7.87. The Morgan fingerprint density at radius 1 is 1.38 bits per heavy atom. The van der Waals surface area contributed by atoms with Crippen LogP contribution in [0.25, 0.3) is 0 Å². The second kappa shape index (κ2) is 6.92. The van der Waals surface area contributed by atoms with Gasteiger partial charge in [0.15, 0.2) is 0 Å². The fourth-order valence-electron chi connectivity index (χ4n) is 2.69. The molecule has 3 rings (SSSR count). The summed E-state index contributed by atoms with van der Waals surface area (Å²) in [6, 6.07) is 5.66. The number of aromatic nitrogens is 3. The van der Waals surface area contributed by atoms with Gasteiger partial charge >= 0.3 is 0 Å². The summed E-state index contributed by atoms with van der Waals surface area (Å²) in [4.78, 5) is 28.8. The summed E-state index contributed by atoms with van der Waals surface area (Å²) >= 11 is 0. The van der Waals surface area contributed by atoms with Crippen molar-refractivity contribution in [2.24, 2.45) is 0 Å². The van der Waals surface area contributed by atoms with Crippen molar-refractivity contribution in [1.82, 2.24) is 19.9 Å². The van der Waals surface area contributed by atoms with Gasteiger partial charge in [-0.1, -0.05) is 0 Å². The molecule has 24 heavy (non-hydrogen) atoms. The number of hydrogen-bond donors (Lipinski definition) is 0. The summed E-state index contributed by atoms with van der Waals surface area (Å²) in [7, 11) is 3.98. The number of aryl methyl sites for hydroxylation is 1. The van der Waals surface area contributed by atoms with Gasteiger partial charge in [-0.05, 0) is 25.1 Å². The molecule has 2 aromatic rings. The molecule has 7 heteroatoms. The van der Waals surface area contributed by atoms with Crippen molar-refractivity contribution in [3.8, 4) is 0 Å². The highest BCUT2D eigenvalue weighted by molar-refractivity contribution is 5.92. The van der Waals surface area contributed by atoms with E-state index in [1.54, 1.807) is 17.2 Å². The number of rotatable bonds is 3. The maximum atomic E-state index is 12.6. The van der Waals surface area contributed by atoms with Gasteiger partial charge in [0, 0.05) is 38.2 Å². The van der Waals surface area contributed by atoms with Crippen LogP contribution in [0.5, 0.6) is 0 Å². The normalized spacial score (nSPS) is 17.6. The van der Waals surface area contributed by atoms with E-state index < -0.39 is 0 Å². The molecule has 7 nitrogen and oxygen atoms in total. The molecule has 0 radical (unpaired) electrons. The van der Waals surface area contributed by atoms with Crippen molar-refractivity contribution in [1.29, 1.82) is 0 Å². The number of nitrogens with zero attached hydrogens (tertiary/aromatic N) is 5. The standard InChI is InChI=1S/C17H21N5O2/c1-12-8-13(21(2)3)9-15(20-12)16-10-22(6-7-24-16)17(23)14-4-5-18-11-19-14/h4-5,8-9,11,16H,6-7,10H2,1-3H3/t16-/m1/s1. The Morgan fingerprint density at radius 2 is 2.21 bits per heavy atom. The Hall–Kier alpha value is -2.54. The second-order valence-corrected chi connectivity index (χ2v) is 5.99. The molecule has 1 saturated heterocycles. The summed E-state index contributed by atoms with van der Waals surface area (Å²) in [6.07, 6.45) is 2.73. The number of carbonyl (C=O) groups is 1. The fraction of sp³-hybridized carbons (Fsp3) is 0.412. The van der Waals surface area contributed by atoms with Crippen LogP contribution < -0.4 is 4.90 Å². The van der Waals surface area contributed by atoms with Crippen LogP contribution in [0.4, 0.5) is 5.69 Å². The third-order valence-electron chi connectivity index (χ3n) is 3.96. The summed E-state index contributed by atoms with van der Waals surface area (Å²) < 4.78 is 5.86. The number of pyridine rings is 1. The van der Waals surface area contributed by atoms with E-state index in [1.807, 2.05) is 38.1 Å². The number of morpholine rings is 1. The highest BCUT2D eigenvalue weighted by Gasteiger charge is 2.28. The number of hydrogen-bond acceptors (Lipinski definition) is 6. The molecule has 2 aromatic heterocycles. The largest absolute Gasteiger partial charge is 0.378 e. The van der Waals surface area contributed by atoms with Crippen LogP contribution in [0, 0.1) is 6.92 Å². The van der Waals surface area contributed by atoms with Gasteiger partial charge in [0.1, 0.15) is 18.1 Å². The second-order valence-electron chi connectivity index (χ2n) is 5.99. The lowest BCUT2D eigenvalue weighted by Crippen LogP contribution is -2.42. The first kappa shape index (κ1) is 16.3. The molecule has 0 bridgehead atoms. The van der Waals surface area contributed by atoms with Gasteiger partial charge in [-0.3, -0.25) is 9.78 Å². The van der Waals surface area contributed by atoms with E-state index in [1.165, 1.54) is 6.33 Å². The molecule has 0 N–H and O–H groups in total. The van der Waals surface area contributed by atoms with Crippen LogP contribution >= 0.6 is 0 Å². The van der Waals surface area contributed by atoms with Crippen molar-refractivity contribution >= 4 is 11.6 Å². The molecule has 0 saturated carbocycles. The highest BCUT2D eigenvalue weighted by atomic mass is 16.5. The summed E-state index contributed by atoms with van der Waals surface area (Å²) in [5.41, 5.74) is 3.25. The third-order valence-corrected chi connectivity index (χ3v) is 3.96. The van der Waals surface area contributed by atoms with Gasteiger partial charge in [0.05, 0.1) is 18.8 Å². The molecule has 126 valence electrons. The number of ether oxygens (including phenoxy) is 1. The van der Waals surface area contributed by atoms with Crippen LogP contribution in [0.1, 0.15) is 28.0 Å². The molecular weight excluding hydrogens is 306 g/mol.